The predicted octanol–water partition coefficient (Wildman–Crippen LogP) is 4.50. The molecular formula is C24H34O5. The van der Waals surface area contributed by atoms with Gasteiger partial charge in [0, 0.05) is 6.61 Å². The second-order valence-electron chi connectivity index (χ2n) is 9.24. The van der Waals surface area contributed by atoms with Crippen molar-refractivity contribution in [2.24, 2.45) is 22.7 Å². The molecule has 4 atom stereocenters. The normalized spacial score (nSPS) is 31.8. The highest BCUT2D eigenvalue weighted by Gasteiger charge is 2.55. The van der Waals surface area contributed by atoms with E-state index in [9.17, 15) is 15.0 Å². The fraction of sp³-hybridized carbons (Fsp3) is 0.625. The second-order valence-corrected chi connectivity index (χ2v) is 9.24. The van der Waals surface area contributed by atoms with Gasteiger partial charge in [0.15, 0.2) is 11.5 Å². The van der Waals surface area contributed by atoms with Gasteiger partial charge < -0.3 is 19.7 Å². The number of aliphatic hydroxyl groups excluding tert-OH is 1. The predicted molar refractivity (Wildman–Crippen MR) is 112 cm³/mol. The standard InChI is InChI=1S/C24H34O5/c1-15-7-6-8-20-23(15,2)10-9-18(14-25)24(20,3)13-17-11-16(22(27)29-5)12-19(28-4)21(17)26/h11-12,18,20,25-26H,1,6-10,13-14H2,2-5H3/t18-,20-,23-,24-/m1/s1. The minimum absolute atomic E-state index is 0.0400. The van der Waals surface area contributed by atoms with Crippen LogP contribution in [0.4, 0.5) is 0 Å². The van der Waals surface area contributed by atoms with E-state index in [-0.39, 0.29) is 34.9 Å². The Labute approximate surface area is 173 Å². The number of methoxy groups -OCH3 is 2. The molecule has 0 saturated heterocycles. The summed E-state index contributed by atoms with van der Waals surface area (Å²) in [5.74, 6) is 0.333. The van der Waals surface area contributed by atoms with E-state index in [1.807, 2.05) is 0 Å². The fourth-order valence-corrected chi connectivity index (χ4v) is 6.04. The summed E-state index contributed by atoms with van der Waals surface area (Å²) in [5, 5.41) is 21.0. The van der Waals surface area contributed by atoms with Crippen LogP contribution in [0.2, 0.25) is 0 Å². The van der Waals surface area contributed by atoms with E-state index in [4.69, 9.17) is 9.47 Å². The van der Waals surface area contributed by atoms with Crippen molar-refractivity contribution in [3.63, 3.8) is 0 Å². The lowest BCUT2D eigenvalue weighted by molar-refractivity contribution is -0.0727. The summed E-state index contributed by atoms with van der Waals surface area (Å²) in [6.07, 6.45) is 5.76. The van der Waals surface area contributed by atoms with Crippen LogP contribution in [0.25, 0.3) is 0 Å². The Hall–Kier alpha value is -2.01. The molecule has 2 N–H and O–H groups in total. The molecule has 1 aromatic rings. The van der Waals surface area contributed by atoms with Crippen LogP contribution in [0.3, 0.4) is 0 Å². The third-order valence-corrected chi connectivity index (χ3v) is 7.88. The molecule has 0 spiro atoms. The number of allylic oxidation sites excluding steroid dienone is 1. The van der Waals surface area contributed by atoms with Crippen molar-refractivity contribution in [3.05, 3.63) is 35.4 Å². The molecule has 2 fully saturated rings. The van der Waals surface area contributed by atoms with E-state index in [1.165, 1.54) is 25.9 Å². The largest absolute Gasteiger partial charge is 0.504 e. The van der Waals surface area contributed by atoms with Gasteiger partial charge in [0.05, 0.1) is 19.8 Å². The van der Waals surface area contributed by atoms with Gasteiger partial charge in [0.1, 0.15) is 0 Å². The molecule has 5 nitrogen and oxygen atoms in total. The highest BCUT2D eigenvalue weighted by molar-refractivity contribution is 5.90. The van der Waals surface area contributed by atoms with Crippen LogP contribution < -0.4 is 4.74 Å². The van der Waals surface area contributed by atoms with Gasteiger partial charge in [-0.25, -0.2) is 4.79 Å². The molecule has 2 aliphatic rings. The Morgan fingerprint density at radius 3 is 2.62 bits per heavy atom. The van der Waals surface area contributed by atoms with Crippen molar-refractivity contribution in [3.8, 4) is 11.5 Å². The molecular weight excluding hydrogens is 368 g/mol. The highest BCUT2D eigenvalue weighted by Crippen LogP contribution is 2.62. The average Bonchev–Trinajstić information content (AvgIpc) is 2.70. The Bertz CT molecular complexity index is 801. The number of rotatable bonds is 5. The number of fused-ring (bicyclic) bond motifs is 1. The molecule has 0 unspecified atom stereocenters. The van der Waals surface area contributed by atoms with Crippen LogP contribution in [0.5, 0.6) is 11.5 Å². The first-order valence-corrected chi connectivity index (χ1v) is 10.5. The Morgan fingerprint density at radius 1 is 1.28 bits per heavy atom. The molecule has 0 aromatic heterocycles. The van der Waals surface area contributed by atoms with Crippen molar-refractivity contribution >= 4 is 5.97 Å². The number of ether oxygens (including phenoxy) is 2. The number of carbonyl (C=O) groups is 1. The van der Waals surface area contributed by atoms with Gasteiger partial charge in [0.2, 0.25) is 0 Å². The molecule has 0 amide bonds. The molecule has 2 aliphatic carbocycles. The van der Waals surface area contributed by atoms with Gasteiger partial charge in [-0.3, -0.25) is 0 Å². The third-order valence-electron chi connectivity index (χ3n) is 7.88. The summed E-state index contributed by atoms with van der Waals surface area (Å²) in [5.41, 5.74) is 2.13. The van der Waals surface area contributed by atoms with E-state index in [2.05, 4.69) is 20.4 Å². The summed E-state index contributed by atoms with van der Waals surface area (Å²) in [6, 6.07) is 3.21. The van der Waals surface area contributed by atoms with Gasteiger partial charge in [-0.15, -0.1) is 0 Å². The lowest BCUT2D eigenvalue weighted by Gasteiger charge is -2.59. The summed E-state index contributed by atoms with van der Waals surface area (Å²) in [6.45, 7) is 9.05. The van der Waals surface area contributed by atoms with E-state index in [0.717, 1.165) is 32.1 Å². The lowest BCUT2D eigenvalue weighted by atomic mass is 9.46. The van der Waals surface area contributed by atoms with Crippen molar-refractivity contribution < 1.29 is 24.5 Å². The van der Waals surface area contributed by atoms with E-state index in [1.54, 1.807) is 6.07 Å². The minimum Gasteiger partial charge on any atom is -0.504 e. The zero-order chi connectivity index (χ0) is 21.4. The number of hydrogen-bond donors (Lipinski definition) is 2. The molecule has 29 heavy (non-hydrogen) atoms. The van der Waals surface area contributed by atoms with Crippen LogP contribution in [0.1, 0.15) is 61.9 Å². The van der Waals surface area contributed by atoms with Crippen molar-refractivity contribution in [2.45, 2.75) is 52.4 Å². The number of carbonyl (C=O) groups excluding carboxylic acids is 1. The number of esters is 1. The molecule has 0 heterocycles. The first-order valence-electron chi connectivity index (χ1n) is 10.5. The lowest BCUT2D eigenvalue weighted by Crippen LogP contribution is -2.52. The molecule has 160 valence electrons. The van der Waals surface area contributed by atoms with Crippen LogP contribution in [0, 0.1) is 22.7 Å². The highest BCUT2D eigenvalue weighted by atomic mass is 16.5. The van der Waals surface area contributed by atoms with Crippen LogP contribution in [-0.4, -0.2) is 37.0 Å². The van der Waals surface area contributed by atoms with Gasteiger partial charge >= 0.3 is 5.97 Å². The number of benzene rings is 1. The maximum atomic E-state index is 12.1. The third kappa shape index (κ3) is 3.54. The molecule has 0 radical (unpaired) electrons. The minimum atomic E-state index is -0.465. The van der Waals surface area contributed by atoms with Gasteiger partial charge in [0.25, 0.3) is 0 Å². The van der Waals surface area contributed by atoms with E-state index < -0.39 is 5.97 Å². The Balaban J connectivity index is 2.08. The maximum absolute atomic E-state index is 12.1. The van der Waals surface area contributed by atoms with Crippen LogP contribution in [-0.2, 0) is 11.2 Å². The van der Waals surface area contributed by atoms with Crippen molar-refractivity contribution in [2.75, 3.05) is 20.8 Å². The number of phenolic OH excluding ortho intramolecular Hbond substituents is 1. The van der Waals surface area contributed by atoms with Crippen molar-refractivity contribution in [1.29, 1.82) is 0 Å². The average molecular weight is 403 g/mol. The fourth-order valence-electron chi connectivity index (χ4n) is 6.04. The Kier molecular flexibility index (Phi) is 6.00. The molecule has 5 heteroatoms. The van der Waals surface area contributed by atoms with Gasteiger partial charge in [-0.1, -0.05) is 26.0 Å². The van der Waals surface area contributed by atoms with E-state index in [0.29, 0.717) is 23.5 Å². The summed E-state index contributed by atoms with van der Waals surface area (Å²) in [4.78, 5) is 12.1. The SMILES string of the molecule is C=C1CCC[C@H]2[C@](C)(Cc3cc(C(=O)OC)cc(OC)c3O)[C@@H](CO)CC[C@]12C. The topological polar surface area (TPSA) is 76.0 Å². The molecule has 2 saturated carbocycles. The van der Waals surface area contributed by atoms with Crippen LogP contribution in [0.15, 0.2) is 24.3 Å². The quantitative estimate of drug-likeness (QED) is 0.560. The number of phenols is 1. The first-order chi connectivity index (χ1) is 13.7. The zero-order valence-electron chi connectivity index (χ0n) is 18.1. The molecule has 3 rings (SSSR count). The summed E-state index contributed by atoms with van der Waals surface area (Å²) < 4.78 is 10.2. The molecule has 0 bridgehead atoms. The van der Waals surface area contributed by atoms with Crippen molar-refractivity contribution in [1.82, 2.24) is 0 Å². The number of aromatic hydroxyl groups is 1. The number of hydrogen-bond acceptors (Lipinski definition) is 5. The zero-order valence-corrected chi connectivity index (χ0v) is 18.1. The van der Waals surface area contributed by atoms with Gasteiger partial charge in [-0.2, -0.15) is 0 Å². The van der Waals surface area contributed by atoms with Gasteiger partial charge in [-0.05, 0) is 78.9 Å². The maximum Gasteiger partial charge on any atom is 0.337 e. The monoisotopic (exact) mass is 402 g/mol. The summed E-state index contributed by atoms with van der Waals surface area (Å²) in [7, 11) is 2.81. The van der Waals surface area contributed by atoms with Crippen LogP contribution >= 0.6 is 0 Å². The molecule has 1 aromatic carbocycles. The Morgan fingerprint density at radius 2 is 2.00 bits per heavy atom. The van der Waals surface area contributed by atoms with E-state index >= 15 is 0 Å². The summed E-state index contributed by atoms with van der Waals surface area (Å²) >= 11 is 0. The number of aliphatic hydroxyl groups is 1. The molecule has 0 aliphatic heterocycles. The second kappa shape index (κ2) is 8.02. The first kappa shape index (κ1) is 21.7. The smallest absolute Gasteiger partial charge is 0.337 e.